The number of nitrogens with one attached hydrogen (secondary N) is 1. The Kier molecular flexibility index (Phi) is 6.56. The molecule has 1 heterocycles. The Morgan fingerprint density at radius 1 is 1.06 bits per heavy atom. The molecule has 0 saturated carbocycles. The van der Waals surface area contributed by atoms with Crippen molar-refractivity contribution in [2.75, 3.05) is 22.8 Å². The van der Waals surface area contributed by atoms with Gasteiger partial charge in [-0.05, 0) is 55.8 Å². The number of sulfonamides is 1. The number of nitrogens with zero attached hydrogens (tertiary/aromatic N) is 1. The van der Waals surface area contributed by atoms with Crippen molar-refractivity contribution in [3.05, 3.63) is 83.9 Å². The number of aryl methyl sites for hydroxylation is 1. The van der Waals surface area contributed by atoms with Crippen LogP contribution in [0.5, 0.6) is 5.75 Å². The average Bonchev–Trinajstić information content (AvgIpc) is 2.85. The first-order valence-electron chi connectivity index (χ1n) is 10.7. The molecule has 0 aliphatic carbocycles. The summed E-state index contributed by atoms with van der Waals surface area (Å²) in [6, 6.07) is 19.5. The highest BCUT2D eigenvalue weighted by molar-refractivity contribution is 7.92. The van der Waals surface area contributed by atoms with Crippen LogP contribution in [-0.2, 0) is 19.6 Å². The third kappa shape index (κ3) is 4.60. The zero-order valence-corrected chi connectivity index (χ0v) is 19.5. The lowest BCUT2D eigenvalue weighted by Crippen LogP contribution is -2.48. The van der Waals surface area contributed by atoms with Gasteiger partial charge in [0.2, 0.25) is 0 Å². The first kappa shape index (κ1) is 23.3. The summed E-state index contributed by atoms with van der Waals surface area (Å²) in [7, 11) is -3.94. The predicted molar refractivity (Wildman–Crippen MR) is 128 cm³/mol. The molecule has 34 heavy (non-hydrogen) atoms. The Bertz CT molecular complexity index is 1320. The number of fused-ring (bicyclic) bond motifs is 1. The van der Waals surface area contributed by atoms with Crippen LogP contribution in [0, 0.1) is 6.92 Å². The van der Waals surface area contributed by atoms with Crippen LogP contribution >= 0.6 is 0 Å². The van der Waals surface area contributed by atoms with Crippen LogP contribution in [0.25, 0.3) is 0 Å². The number of anilines is 2. The number of benzene rings is 3. The molecule has 9 heteroatoms. The van der Waals surface area contributed by atoms with Gasteiger partial charge >= 0.3 is 5.97 Å². The van der Waals surface area contributed by atoms with Crippen molar-refractivity contribution in [1.82, 2.24) is 0 Å². The average molecular weight is 481 g/mol. The highest BCUT2D eigenvalue weighted by Gasteiger charge is 2.37. The molecule has 1 aliphatic rings. The van der Waals surface area contributed by atoms with Gasteiger partial charge in [-0.1, -0.05) is 36.4 Å². The molecule has 1 aliphatic heterocycles. The normalized spacial score (nSPS) is 15.1. The molecule has 8 nitrogen and oxygen atoms in total. The molecule has 3 aromatic carbocycles. The fourth-order valence-corrected chi connectivity index (χ4v) is 5.09. The topological polar surface area (TPSA) is 102 Å². The molecule has 0 saturated heterocycles. The van der Waals surface area contributed by atoms with Gasteiger partial charge in [0.25, 0.3) is 15.9 Å². The zero-order valence-electron chi connectivity index (χ0n) is 18.7. The van der Waals surface area contributed by atoms with Crippen molar-refractivity contribution in [3.8, 4) is 5.75 Å². The van der Waals surface area contributed by atoms with Gasteiger partial charge in [-0.3, -0.25) is 9.10 Å². The quantitative estimate of drug-likeness (QED) is 0.539. The largest absolute Gasteiger partial charge is 0.476 e. The Morgan fingerprint density at radius 2 is 1.76 bits per heavy atom. The molecule has 1 N–H and O–H groups in total. The summed E-state index contributed by atoms with van der Waals surface area (Å²) in [6.07, 6.45) is -1.11. The second kappa shape index (κ2) is 9.56. The van der Waals surface area contributed by atoms with Crippen molar-refractivity contribution in [3.63, 3.8) is 0 Å². The van der Waals surface area contributed by atoms with Crippen LogP contribution in [0.15, 0.2) is 77.7 Å². The van der Waals surface area contributed by atoms with E-state index in [2.05, 4.69) is 5.32 Å². The fraction of sp³-hybridized carbons (Fsp3) is 0.200. The van der Waals surface area contributed by atoms with E-state index in [9.17, 15) is 18.0 Å². The molecule has 0 aromatic heterocycles. The van der Waals surface area contributed by atoms with E-state index in [4.69, 9.17) is 9.47 Å². The van der Waals surface area contributed by atoms with Crippen LogP contribution in [0.4, 0.5) is 11.4 Å². The van der Waals surface area contributed by atoms with Gasteiger partial charge < -0.3 is 14.8 Å². The third-order valence-corrected chi connectivity index (χ3v) is 7.16. The van der Waals surface area contributed by atoms with Gasteiger partial charge in [0.1, 0.15) is 5.75 Å². The molecular weight excluding hydrogens is 456 g/mol. The van der Waals surface area contributed by atoms with Crippen LogP contribution in [-0.4, -0.2) is 39.5 Å². The number of amides is 1. The van der Waals surface area contributed by atoms with Crippen molar-refractivity contribution in [1.29, 1.82) is 0 Å². The van der Waals surface area contributed by atoms with Gasteiger partial charge in [0, 0.05) is 5.69 Å². The first-order chi connectivity index (χ1) is 16.3. The monoisotopic (exact) mass is 480 g/mol. The SMILES string of the molecule is CCOC(=O)c1ccc(C)c(NC(=O)[C@@H]2CN(S(=O)(=O)c3ccccc3)c3ccccc3O2)c1. The number of esters is 1. The summed E-state index contributed by atoms with van der Waals surface area (Å²) in [5.41, 5.74) is 1.80. The van der Waals surface area contributed by atoms with Gasteiger partial charge in [-0.15, -0.1) is 0 Å². The Balaban J connectivity index is 1.63. The lowest BCUT2D eigenvalue weighted by Gasteiger charge is -2.34. The van der Waals surface area contributed by atoms with Crippen LogP contribution in [0.2, 0.25) is 0 Å². The summed E-state index contributed by atoms with van der Waals surface area (Å²) < 4.78 is 38.9. The maximum absolute atomic E-state index is 13.4. The van der Waals surface area contributed by atoms with Crippen molar-refractivity contribution in [2.45, 2.75) is 24.8 Å². The van der Waals surface area contributed by atoms with Crippen LogP contribution < -0.4 is 14.4 Å². The lowest BCUT2D eigenvalue weighted by molar-refractivity contribution is -0.122. The molecular formula is C25H24N2O6S. The third-order valence-electron chi connectivity index (χ3n) is 5.37. The van der Waals surface area contributed by atoms with E-state index < -0.39 is 28.0 Å². The van der Waals surface area contributed by atoms with E-state index in [1.807, 2.05) is 0 Å². The molecule has 1 amide bonds. The summed E-state index contributed by atoms with van der Waals surface area (Å²) in [6.45, 7) is 3.52. The number of rotatable bonds is 6. The molecule has 0 spiro atoms. The maximum Gasteiger partial charge on any atom is 0.338 e. The van der Waals surface area contributed by atoms with E-state index in [-0.39, 0.29) is 23.8 Å². The van der Waals surface area contributed by atoms with E-state index >= 15 is 0 Å². The Labute approximate surface area is 198 Å². The van der Waals surface area contributed by atoms with E-state index in [0.717, 1.165) is 5.56 Å². The van der Waals surface area contributed by atoms with Crippen molar-refractivity contribution in [2.24, 2.45) is 0 Å². The van der Waals surface area contributed by atoms with E-state index in [1.54, 1.807) is 68.4 Å². The Morgan fingerprint density at radius 3 is 2.50 bits per heavy atom. The molecule has 0 unspecified atom stereocenters. The summed E-state index contributed by atoms with van der Waals surface area (Å²) in [4.78, 5) is 25.4. The minimum Gasteiger partial charge on any atom is -0.476 e. The van der Waals surface area contributed by atoms with Gasteiger partial charge in [0.15, 0.2) is 6.10 Å². The lowest BCUT2D eigenvalue weighted by atomic mass is 10.1. The minimum atomic E-state index is -3.94. The number of hydrogen-bond donors (Lipinski definition) is 1. The predicted octanol–water partition coefficient (Wildman–Crippen LogP) is 3.77. The van der Waals surface area contributed by atoms with Crippen LogP contribution in [0.1, 0.15) is 22.8 Å². The smallest absolute Gasteiger partial charge is 0.338 e. The number of ether oxygens (including phenoxy) is 2. The molecule has 4 rings (SSSR count). The maximum atomic E-state index is 13.4. The van der Waals surface area contributed by atoms with E-state index in [1.165, 1.54) is 22.5 Å². The number of carbonyl (C=O) groups excluding carboxylic acids is 2. The molecule has 0 bridgehead atoms. The minimum absolute atomic E-state index is 0.115. The highest BCUT2D eigenvalue weighted by atomic mass is 32.2. The molecule has 1 atom stereocenters. The zero-order chi connectivity index (χ0) is 24.3. The first-order valence-corrected chi connectivity index (χ1v) is 12.2. The summed E-state index contributed by atoms with van der Waals surface area (Å²) >= 11 is 0. The van der Waals surface area contributed by atoms with Gasteiger partial charge in [-0.2, -0.15) is 0 Å². The van der Waals surface area contributed by atoms with Crippen molar-refractivity contribution < 1.29 is 27.5 Å². The number of carbonyl (C=O) groups is 2. The number of hydrogen-bond acceptors (Lipinski definition) is 6. The summed E-state index contributed by atoms with van der Waals surface area (Å²) in [5, 5.41) is 2.77. The summed E-state index contributed by atoms with van der Waals surface area (Å²) in [5.74, 6) is -0.752. The standard InChI is InChI=1S/C25H24N2O6S/c1-3-32-25(29)18-14-13-17(2)20(15-18)26-24(28)23-16-27(21-11-7-8-12-22(21)33-23)34(30,31)19-9-5-4-6-10-19/h4-15,23H,3,16H2,1-2H3,(H,26,28)/t23-/m0/s1. The second-order valence-electron chi connectivity index (χ2n) is 7.66. The fourth-order valence-electron chi connectivity index (χ4n) is 3.60. The Hall–Kier alpha value is -3.85. The van der Waals surface area contributed by atoms with Crippen molar-refractivity contribution >= 4 is 33.3 Å². The van der Waals surface area contributed by atoms with Gasteiger partial charge in [-0.25, -0.2) is 13.2 Å². The molecule has 3 aromatic rings. The van der Waals surface area contributed by atoms with Crippen LogP contribution in [0.3, 0.4) is 0 Å². The highest BCUT2D eigenvalue weighted by Crippen LogP contribution is 2.37. The van der Waals surface area contributed by atoms with E-state index in [0.29, 0.717) is 16.9 Å². The molecule has 176 valence electrons. The number of para-hydroxylation sites is 2. The second-order valence-corrected chi connectivity index (χ2v) is 9.53. The molecule has 0 fully saturated rings. The van der Waals surface area contributed by atoms with Gasteiger partial charge in [0.05, 0.1) is 29.3 Å². The molecule has 0 radical (unpaired) electrons.